The molecule has 1 aromatic rings. The number of amides is 1. The minimum atomic E-state index is -1.74. The SMILES string of the molecule is CCCCCCCC(=O)N[C@H](Oc1ccccc1)C(Cl)(Cl)Cl. The van der Waals surface area contributed by atoms with Crippen molar-refractivity contribution < 1.29 is 9.53 Å². The topological polar surface area (TPSA) is 38.3 Å². The lowest BCUT2D eigenvalue weighted by molar-refractivity contribution is -0.123. The van der Waals surface area contributed by atoms with Gasteiger partial charge in [0.25, 0.3) is 0 Å². The number of carbonyl (C=O) groups is 1. The predicted octanol–water partition coefficient (Wildman–Crippen LogP) is 5.24. The number of ether oxygens (including phenoxy) is 1. The smallest absolute Gasteiger partial charge is 0.246 e. The van der Waals surface area contributed by atoms with E-state index in [1.807, 2.05) is 6.07 Å². The number of nitrogens with one attached hydrogen (secondary N) is 1. The van der Waals surface area contributed by atoms with Crippen molar-refractivity contribution in [3.05, 3.63) is 30.3 Å². The zero-order valence-electron chi connectivity index (χ0n) is 12.7. The van der Waals surface area contributed by atoms with E-state index in [0.717, 1.165) is 19.3 Å². The number of halogens is 3. The van der Waals surface area contributed by atoms with Crippen LogP contribution in [0.3, 0.4) is 0 Å². The number of carbonyl (C=O) groups excluding carboxylic acids is 1. The Bertz CT molecular complexity index is 435. The molecule has 3 nitrogen and oxygen atoms in total. The molecule has 0 spiro atoms. The second kappa shape index (κ2) is 10.2. The summed E-state index contributed by atoms with van der Waals surface area (Å²) in [5.74, 6) is 0.353. The predicted molar refractivity (Wildman–Crippen MR) is 92.7 cm³/mol. The highest BCUT2D eigenvalue weighted by molar-refractivity contribution is 6.68. The standard InChI is InChI=1S/C16H22Cl3NO2/c1-2-3-4-5-9-12-14(21)20-15(16(17,18)19)22-13-10-7-6-8-11-13/h6-8,10-11,15H,2-5,9,12H2,1H3,(H,20,21)/t15-/m1/s1. The monoisotopic (exact) mass is 365 g/mol. The lowest BCUT2D eigenvalue weighted by Crippen LogP contribution is -2.47. The van der Waals surface area contributed by atoms with Gasteiger partial charge in [-0.3, -0.25) is 4.79 Å². The Labute approximate surface area is 147 Å². The number of hydrogen-bond acceptors (Lipinski definition) is 2. The molecule has 0 unspecified atom stereocenters. The Balaban J connectivity index is 2.46. The molecule has 1 aromatic carbocycles. The summed E-state index contributed by atoms with van der Waals surface area (Å²) < 4.78 is 3.82. The van der Waals surface area contributed by atoms with Gasteiger partial charge in [0.05, 0.1) is 0 Å². The number of alkyl halides is 3. The molecule has 0 bridgehead atoms. The summed E-state index contributed by atoms with van der Waals surface area (Å²) in [6.07, 6.45) is 4.73. The average molecular weight is 367 g/mol. The zero-order chi connectivity index (χ0) is 16.4. The van der Waals surface area contributed by atoms with Crippen LogP contribution in [0.25, 0.3) is 0 Å². The van der Waals surface area contributed by atoms with Gasteiger partial charge in [-0.2, -0.15) is 0 Å². The van der Waals surface area contributed by atoms with Gasteiger partial charge in [-0.25, -0.2) is 0 Å². The Morgan fingerprint density at radius 3 is 2.36 bits per heavy atom. The number of hydrogen-bond donors (Lipinski definition) is 1. The first kappa shape index (κ1) is 19.4. The molecule has 0 aromatic heterocycles. The lowest BCUT2D eigenvalue weighted by Gasteiger charge is -2.26. The fourth-order valence-corrected chi connectivity index (χ4v) is 2.22. The second-order valence-electron chi connectivity index (χ2n) is 5.08. The van der Waals surface area contributed by atoms with Crippen LogP contribution in [0.15, 0.2) is 30.3 Å². The Morgan fingerprint density at radius 2 is 1.77 bits per heavy atom. The molecular weight excluding hydrogens is 345 g/mol. The third kappa shape index (κ3) is 8.11. The molecule has 0 aliphatic rings. The molecule has 0 saturated heterocycles. The van der Waals surface area contributed by atoms with Crippen LogP contribution in [-0.4, -0.2) is 15.9 Å². The molecule has 0 fully saturated rings. The van der Waals surface area contributed by atoms with Gasteiger partial charge in [0.1, 0.15) is 5.75 Å². The van der Waals surface area contributed by atoms with E-state index in [4.69, 9.17) is 39.5 Å². The molecule has 1 amide bonds. The number of benzene rings is 1. The molecule has 0 aliphatic carbocycles. The van der Waals surface area contributed by atoms with Crippen LogP contribution in [-0.2, 0) is 4.79 Å². The molecule has 0 heterocycles. The van der Waals surface area contributed by atoms with Crippen LogP contribution in [0, 0.1) is 0 Å². The third-order valence-electron chi connectivity index (χ3n) is 3.09. The molecule has 1 rings (SSSR count). The molecule has 22 heavy (non-hydrogen) atoms. The lowest BCUT2D eigenvalue weighted by atomic mass is 10.1. The molecule has 0 saturated carbocycles. The summed E-state index contributed by atoms with van der Waals surface area (Å²) in [7, 11) is 0. The van der Waals surface area contributed by atoms with Crippen molar-refractivity contribution in [1.29, 1.82) is 0 Å². The highest BCUT2D eigenvalue weighted by atomic mass is 35.6. The van der Waals surface area contributed by atoms with E-state index in [2.05, 4.69) is 12.2 Å². The fraction of sp³-hybridized carbons (Fsp3) is 0.562. The molecule has 6 heteroatoms. The number of rotatable bonds is 9. The Hall–Kier alpha value is -0.640. The molecule has 1 atom stereocenters. The van der Waals surface area contributed by atoms with Gasteiger partial charge in [0.2, 0.25) is 15.9 Å². The maximum Gasteiger partial charge on any atom is 0.246 e. The summed E-state index contributed by atoms with van der Waals surface area (Å²) >= 11 is 17.7. The van der Waals surface area contributed by atoms with E-state index >= 15 is 0 Å². The van der Waals surface area contributed by atoms with Gasteiger partial charge in [-0.05, 0) is 18.6 Å². The van der Waals surface area contributed by atoms with Gasteiger partial charge < -0.3 is 10.1 Å². The van der Waals surface area contributed by atoms with Crippen molar-refractivity contribution in [2.75, 3.05) is 0 Å². The van der Waals surface area contributed by atoms with E-state index in [0.29, 0.717) is 12.2 Å². The van der Waals surface area contributed by atoms with Crippen molar-refractivity contribution in [3.8, 4) is 5.75 Å². The van der Waals surface area contributed by atoms with Crippen LogP contribution >= 0.6 is 34.8 Å². The average Bonchev–Trinajstić information content (AvgIpc) is 2.46. The molecule has 0 radical (unpaired) electrons. The summed E-state index contributed by atoms with van der Waals surface area (Å²) in [5, 5.41) is 2.64. The molecule has 124 valence electrons. The first-order valence-electron chi connectivity index (χ1n) is 7.51. The van der Waals surface area contributed by atoms with Gasteiger partial charge in [0, 0.05) is 6.42 Å². The first-order chi connectivity index (χ1) is 10.4. The maximum absolute atomic E-state index is 12.0. The quantitative estimate of drug-likeness (QED) is 0.369. The van der Waals surface area contributed by atoms with Crippen molar-refractivity contribution in [1.82, 2.24) is 5.32 Å². The fourth-order valence-electron chi connectivity index (χ4n) is 1.92. The van der Waals surface area contributed by atoms with Crippen molar-refractivity contribution in [2.45, 2.75) is 55.5 Å². The van der Waals surface area contributed by atoms with Crippen LogP contribution in [0.1, 0.15) is 45.4 Å². The highest BCUT2D eigenvalue weighted by Gasteiger charge is 2.36. The minimum Gasteiger partial charge on any atom is -0.466 e. The van der Waals surface area contributed by atoms with Crippen molar-refractivity contribution in [3.63, 3.8) is 0 Å². The summed E-state index contributed by atoms with van der Waals surface area (Å²) in [4.78, 5) is 12.0. The van der Waals surface area contributed by atoms with E-state index in [-0.39, 0.29) is 5.91 Å². The normalized spacial score (nSPS) is 12.7. The summed E-state index contributed by atoms with van der Waals surface area (Å²) in [6.45, 7) is 2.15. The van der Waals surface area contributed by atoms with Gasteiger partial charge in [-0.1, -0.05) is 85.6 Å². The van der Waals surface area contributed by atoms with Gasteiger partial charge >= 0.3 is 0 Å². The van der Waals surface area contributed by atoms with E-state index in [1.165, 1.54) is 12.8 Å². The number of para-hydroxylation sites is 1. The van der Waals surface area contributed by atoms with E-state index < -0.39 is 10.0 Å². The minimum absolute atomic E-state index is 0.177. The summed E-state index contributed by atoms with van der Waals surface area (Å²) in [6, 6.07) is 8.94. The van der Waals surface area contributed by atoms with E-state index in [1.54, 1.807) is 24.3 Å². The molecular formula is C16H22Cl3NO2. The van der Waals surface area contributed by atoms with Crippen LogP contribution < -0.4 is 10.1 Å². The number of unbranched alkanes of at least 4 members (excludes halogenated alkanes) is 4. The van der Waals surface area contributed by atoms with Gasteiger partial charge in [0.15, 0.2) is 0 Å². The van der Waals surface area contributed by atoms with Crippen LogP contribution in [0.5, 0.6) is 5.75 Å². The Morgan fingerprint density at radius 1 is 1.14 bits per heavy atom. The largest absolute Gasteiger partial charge is 0.466 e. The van der Waals surface area contributed by atoms with Crippen LogP contribution in [0.2, 0.25) is 0 Å². The highest BCUT2D eigenvalue weighted by Crippen LogP contribution is 2.32. The second-order valence-corrected chi connectivity index (χ2v) is 7.45. The van der Waals surface area contributed by atoms with Crippen LogP contribution in [0.4, 0.5) is 0 Å². The third-order valence-corrected chi connectivity index (χ3v) is 3.69. The Kier molecular flexibility index (Phi) is 8.99. The van der Waals surface area contributed by atoms with E-state index in [9.17, 15) is 4.79 Å². The summed E-state index contributed by atoms with van der Waals surface area (Å²) in [5.41, 5.74) is 0. The maximum atomic E-state index is 12.0. The van der Waals surface area contributed by atoms with Gasteiger partial charge in [-0.15, -0.1) is 0 Å². The zero-order valence-corrected chi connectivity index (χ0v) is 14.9. The molecule has 0 aliphatic heterocycles. The first-order valence-corrected chi connectivity index (χ1v) is 8.64. The van der Waals surface area contributed by atoms with Crippen molar-refractivity contribution in [2.24, 2.45) is 0 Å². The van der Waals surface area contributed by atoms with Crippen molar-refractivity contribution >= 4 is 40.7 Å². The molecule has 1 N–H and O–H groups in total.